The van der Waals surface area contributed by atoms with Crippen LogP contribution in [0.2, 0.25) is 0 Å². The van der Waals surface area contributed by atoms with Gasteiger partial charge in [0, 0.05) is 17.5 Å². The van der Waals surface area contributed by atoms with E-state index in [1.807, 2.05) is 0 Å². The Morgan fingerprint density at radius 3 is 2.54 bits per heavy atom. The summed E-state index contributed by atoms with van der Waals surface area (Å²) in [7, 11) is 0. The van der Waals surface area contributed by atoms with E-state index in [-0.39, 0.29) is 18.4 Å². The molecule has 76 valence electrons. The molecule has 0 amide bonds. The molecule has 0 aromatic carbocycles. The Kier molecular flexibility index (Phi) is 6.77. The van der Waals surface area contributed by atoms with Gasteiger partial charge in [-0.3, -0.25) is 0 Å². The molecule has 13 heavy (non-hydrogen) atoms. The van der Waals surface area contributed by atoms with Gasteiger partial charge in [-0.05, 0) is 24.3 Å². The lowest BCUT2D eigenvalue weighted by atomic mass is 9.84. The van der Waals surface area contributed by atoms with Crippen molar-refractivity contribution >= 4 is 12.4 Å². The zero-order chi connectivity index (χ0) is 8.81. The summed E-state index contributed by atoms with van der Waals surface area (Å²) in [6, 6.07) is 0.0844. The maximum Gasteiger partial charge on any atom is 0.0412 e. The zero-order valence-corrected chi connectivity index (χ0v) is 8.54. The van der Waals surface area contributed by atoms with Crippen molar-refractivity contribution in [2.45, 2.75) is 38.1 Å². The molecule has 4 nitrogen and oxygen atoms in total. The van der Waals surface area contributed by atoms with E-state index in [9.17, 15) is 0 Å². The Morgan fingerprint density at radius 2 is 2.00 bits per heavy atom. The summed E-state index contributed by atoms with van der Waals surface area (Å²) in [6.07, 6.45) is 6.33. The largest absolute Gasteiger partial charge is 0.327 e. The van der Waals surface area contributed by atoms with Gasteiger partial charge in [0.2, 0.25) is 0 Å². The number of azide groups is 1. The molecule has 0 aromatic rings. The quantitative estimate of drug-likeness (QED) is 0.428. The normalized spacial score (nSPS) is 19.8. The van der Waals surface area contributed by atoms with Gasteiger partial charge in [-0.25, -0.2) is 0 Å². The zero-order valence-electron chi connectivity index (χ0n) is 7.72. The molecule has 0 aromatic heterocycles. The van der Waals surface area contributed by atoms with Crippen LogP contribution in [-0.2, 0) is 0 Å². The van der Waals surface area contributed by atoms with Crippen LogP contribution in [0.4, 0.5) is 0 Å². The molecule has 5 heteroatoms. The van der Waals surface area contributed by atoms with E-state index < -0.39 is 0 Å². The monoisotopic (exact) mass is 204 g/mol. The summed E-state index contributed by atoms with van der Waals surface area (Å²) in [4.78, 5) is 2.72. The van der Waals surface area contributed by atoms with E-state index in [1.165, 1.54) is 32.1 Å². The molecule has 0 bridgehead atoms. The second kappa shape index (κ2) is 7.01. The molecular formula is C8H17ClN4. The van der Waals surface area contributed by atoms with Gasteiger partial charge in [0.15, 0.2) is 0 Å². The van der Waals surface area contributed by atoms with Crippen LogP contribution >= 0.6 is 12.4 Å². The molecule has 1 aliphatic rings. The third kappa shape index (κ3) is 4.36. The van der Waals surface area contributed by atoms with E-state index in [4.69, 9.17) is 11.3 Å². The Balaban J connectivity index is 0.00000144. The molecule has 0 heterocycles. The van der Waals surface area contributed by atoms with Crippen LogP contribution < -0.4 is 5.73 Å². The fourth-order valence-corrected chi connectivity index (χ4v) is 1.84. The fraction of sp³-hybridized carbons (Fsp3) is 1.00. The summed E-state index contributed by atoms with van der Waals surface area (Å²) in [5.74, 6) is 0.587. The summed E-state index contributed by atoms with van der Waals surface area (Å²) < 4.78 is 0. The molecule has 1 atom stereocenters. The predicted octanol–water partition coefficient (Wildman–Crippen LogP) is 2.63. The smallest absolute Gasteiger partial charge is 0.0412 e. The molecule has 1 aliphatic carbocycles. The predicted molar refractivity (Wildman–Crippen MR) is 55.8 cm³/mol. The number of hydrogen-bond donors (Lipinski definition) is 1. The van der Waals surface area contributed by atoms with Gasteiger partial charge in [0.25, 0.3) is 0 Å². The van der Waals surface area contributed by atoms with Crippen LogP contribution in [0.25, 0.3) is 10.4 Å². The lowest BCUT2D eigenvalue weighted by Crippen LogP contribution is -2.34. The summed E-state index contributed by atoms with van der Waals surface area (Å²) in [6.45, 7) is 0.459. The first-order chi connectivity index (χ1) is 5.84. The minimum absolute atomic E-state index is 0. The van der Waals surface area contributed by atoms with Crippen molar-refractivity contribution < 1.29 is 0 Å². The van der Waals surface area contributed by atoms with E-state index in [0.717, 1.165) is 0 Å². The number of rotatable bonds is 3. The molecule has 0 spiro atoms. The highest BCUT2D eigenvalue weighted by atomic mass is 35.5. The number of hydrogen-bond acceptors (Lipinski definition) is 2. The van der Waals surface area contributed by atoms with E-state index in [1.54, 1.807) is 0 Å². The van der Waals surface area contributed by atoms with Gasteiger partial charge in [0.1, 0.15) is 0 Å². The number of nitrogens with zero attached hydrogens (tertiary/aromatic N) is 3. The summed E-state index contributed by atoms with van der Waals surface area (Å²) in [5.41, 5.74) is 14.0. The van der Waals surface area contributed by atoms with Crippen LogP contribution in [-0.4, -0.2) is 12.6 Å². The van der Waals surface area contributed by atoms with Crippen molar-refractivity contribution in [3.05, 3.63) is 10.4 Å². The molecule has 0 unspecified atom stereocenters. The highest BCUT2D eigenvalue weighted by Crippen LogP contribution is 2.25. The topological polar surface area (TPSA) is 74.8 Å². The average Bonchev–Trinajstić information content (AvgIpc) is 2.15. The molecular weight excluding hydrogens is 188 g/mol. The van der Waals surface area contributed by atoms with Crippen molar-refractivity contribution in [3.8, 4) is 0 Å². The Labute approximate surface area is 84.9 Å². The average molecular weight is 205 g/mol. The molecule has 0 saturated heterocycles. The highest BCUT2D eigenvalue weighted by Gasteiger charge is 2.19. The SMILES string of the molecule is Cl.[N-]=[N+]=NC[C@@H](N)C1CCCCC1. The fourth-order valence-electron chi connectivity index (χ4n) is 1.84. The van der Waals surface area contributed by atoms with Crippen molar-refractivity contribution in [2.24, 2.45) is 16.8 Å². The maximum atomic E-state index is 8.12. The van der Waals surface area contributed by atoms with Crippen molar-refractivity contribution in [2.75, 3.05) is 6.54 Å². The minimum atomic E-state index is 0. The first-order valence-electron chi connectivity index (χ1n) is 4.61. The third-order valence-electron chi connectivity index (χ3n) is 2.61. The molecule has 2 N–H and O–H groups in total. The van der Waals surface area contributed by atoms with E-state index in [0.29, 0.717) is 12.5 Å². The van der Waals surface area contributed by atoms with Gasteiger partial charge in [-0.15, -0.1) is 12.4 Å². The van der Waals surface area contributed by atoms with Crippen LogP contribution in [0.5, 0.6) is 0 Å². The molecule has 1 fully saturated rings. The van der Waals surface area contributed by atoms with Crippen molar-refractivity contribution in [1.29, 1.82) is 0 Å². The lowest BCUT2D eigenvalue weighted by molar-refractivity contribution is 0.308. The highest BCUT2D eigenvalue weighted by molar-refractivity contribution is 5.85. The van der Waals surface area contributed by atoms with Crippen LogP contribution in [0, 0.1) is 5.92 Å². The Hall–Kier alpha value is -0.440. The van der Waals surface area contributed by atoms with Gasteiger partial charge in [-0.1, -0.05) is 24.4 Å². The molecule has 1 saturated carbocycles. The lowest BCUT2D eigenvalue weighted by Gasteiger charge is -2.26. The standard InChI is InChI=1S/C8H16N4.ClH/c9-8(6-11-12-10)7-4-2-1-3-5-7;/h7-8H,1-6,9H2;1H/t8-;/m1./s1. The van der Waals surface area contributed by atoms with Crippen LogP contribution in [0.15, 0.2) is 5.11 Å². The van der Waals surface area contributed by atoms with Crippen molar-refractivity contribution in [1.82, 2.24) is 0 Å². The van der Waals surface area contributed by atoms with Gasteiger partial charge in [0.05, 0.1) is 0 Å². The van der Waals surface area contributed by atoms with Crippen LogP contribution in [0.3, 0.4) is 0 Å². The third-order valence-corrected chi connectivity index (χ3v) is 2.61. The Morgan fingerprint density at radius 1 is 1.38 bits per heavy atom. The van der Waals surface area contributed by atoms with Gasteiger partial charge < -0.3 is 5.73 Å². The maximum absolute atomic E-state index is 8.12. The van der Waals surface area contributed by atoms with E-state index in [2.05, 4.69) is 10.0 Å². The van der Waals surface area contributed by atoms with E-state index >= 15 is 0 Å². The number of halogens is 1. The second-order valence-corrected chi connectivity index (χ2v) is 3.48. The summed E-state index contributed by atoms with van der Waals surface area (Å²) >= 11 is 0. The van der Waals surface area contributed by atoms with Crippen LogP contribution in [0.1, 0.15) is 32.1 Å². The molecule has 0 aliphatic heterocycles. The van der Waals surface area contributed by atoms with Gasteiger partial charge in [-0.2, -0.15) is 0 Å². The first-order valence-corrected chi connectivity index (χ1v) is 4.61. The summed E-state index contributed by atoms with van der Waals surface area (Å²) in [5, 5.41) is 3.50. The van der Waals surface area contributed by atoms with Gasteiger partial charge >= 0.3 is 0 Å². The molecule has 0 radical (unpaired) electrons. The molecule has 1 rings (SSSR count). The minimum Gasteiger partial charge on any atom is -0.327 e. The number of nitrogens with two attached hydrogens (primary N) is 1. The Bertz CT molecular complexity index is 173. The van der Waals surface area contributed by atoms with Crippen molar-refractivity contribution in [3.63, 3.8) is 0 Å². The first kappa shape index (κ1) is 12.6. The second-order valence-electron chi connectivity index (χ2n) is 3.48.